The van der Waals surface area contributed by atoms with Crippen molar-refractivity contribution in [1.29, 1.82) is 0 Å². The van der Waals surface area contributed by atoms with E-state index in [4.69, 9.17) is 0 Å². The fourth-order valence-corrected chi connectivity index (χ4v) is 3.91. The van der Waals surface area contributed by atoms with E-state index in [0.29, 0.717) is 30.9 Å². The topological polar surface area (TPSA) is 69.6 Å². The van der Waals surface area contributed by atoms with Gasteiger partial charge in [0.15, 0.2) is 0 Å². The monoisotopic (exact) mass is 346 g/mol. The molecule has 3 heterocycles. The van der Waals surface area contributed by atoms with Crippen molar-refractivity contribution in [1.82, 2.24) is 14.9 Å². The summed E-state index contributed by atoms with van der Waals surface area (Å²) in [6.07, 6.45) is 2.15. The number of hydrogen-bond acceptors (Lipinski definition) is 6. The van der Waals surface area contributed by atoms with E-state index in [1.807, 2.05) is 36.9 Å². The van der Waals surface area contributed by atoms with Gasteiger partial charge in [-0.2, -0.15) is 0 Å². The molecule has 0 aromatic carbocycles. The SMILES string of the molecule is Cc1cc(N2CC[C@](O)(CN(C)C(=O)c3ccc(C)s3)C2)ncn1. The van der Waals surface area contributed by atoms with Gasteiger partial charge >= 0.3 is 0 Å². The van der Waals surface area contributed by atoms with E-state index in [1.54, 1.807) is 11.9 Å². The first-order valence-electron chi connectivity index (χ1n) is 7.94. The largest absolute Gasteiger partial charge is 0.386 e. The van der Waals surface area contributed by atoms with Crippen LogP contribution in [-0.4, -0.2) is 58.2 Å². The third-order valence-corrected chi connectivity index (χ3v) is 5.26. The molecule has 0 radical (unpaired) electrons. The minimum absolute atomic E-state index is 0.0437. The van der Waals surface area contributed by atoms with E-state index in [1.165, 1.54) is 17.7 Å². The smallest absolute Gasteiger partial charge is 0.263 e. The van der Waals surface area contributed by atoms with Crippen LogP contribution in [0.25, 0.3) is 0 Å². The van der Waals surface area contributed by atoms with E-state index in [2.05, 4.69) is 9.97 Å². The van der Waals surface area contributed by atoms with Crippen LogP contribution in [0.15, 0.2) is 24.5 Å². The van der Waals surface area contributed by atoms with Crippen molar-refractivity contribution in [2.75, 3.05) is 31.6 Å². The summed E-state index contributed by atoms with van der Waals surface area (Å²) < 4.78 is 0. The van der Waals surface area contributed by atoms with E-state index in [0.717, 1.165) is 16.4 Å². The maximum Gasteiger partial charge on any atom is 0.263 e. The minimum Gasteiger partial charge on any atom is -0.386 e. The molecule has 1 aliphatic rings. The molecule has 128 valence electrons. The summed E-state index contributed by atoms with van der Waals surface area (Å²) in [4.78, 5) is 26.3. The highest BCUT2D eigenvalue weighted by atomic mass is 32.1. The molecule has 2 aromatic heterocycles. The maximum absolute atomic E-state index is 12.5. The number of hydrogen-bond donors (Lipinski definition) is 1. The Bertz CT molecular complexity index is 748. The van der Waals surface area contributed by atoms with Crippen LogP contribution >= 0.6 is 11.3 Å². The summed E-state index contributed by atoms with van der Waals surface area (Å²) in [5, 5.41) is 10.9. The van der Waals surface area contributed by atoms with Crippen molar-refractivity contribution in [3.05, 3.63) is 40.0 Å². The molecule has 1 N–H and O–H groups in total. The third-order valence-electron chi connectivity index (χ3n) is 4.27. The molecule has 1 aliphatic heterocycles. The number of β-amino-alcohol motifs (C(OH)–C–C–N with tert-alkyl or cyclic N) is 1. The molecule has 0 spiro atoms. The Morgan fingerprint density at radius 2 is 2.21 bits per heavy atom. The molecule has 0 unspecified atom stereocenters. The van der Waals surface area contributed by atoms with Crippen molar-refractivity contribution < 1.29 is 9.90 Å². The summed E-state index contributed by atoms with van der Waals surface area (Å²) in [5.74, 6) is 0.777. The predicted octanol–water partition coefficient (Wildman–Crippen LogP) is 1.87. The maximum atomic E-state index is 12.5. The molecule has 0 bridgehead atoms. The van der Waals surface area contributed by atoms with Crippen molar-refractivity contribution in [2.24, 2.45) is 0 Å². The third kappa shape index (κ3) is 3.57. The summed E-state index contributed by atoms with van der Waals surface area (Å²) in [6.45, 7) is 5.39. The molecule has 0 saturated carbocycles. The molecule has 6 nitrogen and oxygen atoms in total. The molecule has 1 saturated heterocycles. The molecule has 1 fully saturated rings. The van der Waals surface area contributed by atoms with Crippen LogP contribution in [0, 0.1) is 13.8 Å². The van der Waals surface area contributed by atoms with E-state index < -0.39 is 5.60 Å². The molecule has 24 heavy (non-hydrogen) atoms. The van der Waals surface area contributed by atoms with Gasteiger partial charge in [0, 0.05) is 36.8 Å². The summed E-state index contributed by atoms with van der Waals surface area (Å²) in [6, 6.07) is 5.69. The van der Waals surface area contributed by atoms with Gasteiger partial charge in [-0.3, -0.25) is 4.79 Å². The van der Waals surface area contributed by atoms with Crippen molar-refractivity contribution >= 4 is 23.1 Å². The molecular weight excluding hydrogens is 324 g/mol. The Hall–Kier alpha value is -1.99. The molecule has 3 rings (SSSR count). The number of carbonyl (C=O) groups excluding carboxylic acids is 1. The number of anilines is 1. The normalized spacial score (nSPS) is 20.4. The molecular formula is C17H22N4O2S. The zero-order valence-corrected chi connectivity index (χ0v) is 15.0. The zero-order valence-electron chi connectivity index (χ0n) is 14.2. The van der Waals surface area contributed by atoms with Crippen molar-refractivity contribution in [3.8, 4) is 0 Å². The second-order valence-electron chi connectivity index (χ2n) is 6.48. The number of amides is 1. The quantitative estimate of drug-likeness (QED) is 0.915. The summed E-state index contributed by atoms with van der Waals surface area (Å²) in [7, 11) is 1.74. The van der Waals surface area contributed by atoms with Crippen LogP contribution in [-0.2, 0) is 0 Å². The van der Waals surface area contributed by atoms with Gasteiger partial charge in [0.05, 0.1) is 11.4 Å². The minimum atomic E-state index is -0.921. The van der Waals surface area contributed by atoms with Crippen molar-refractivity contribution in [2.45, 2.75) is 25.9 Å². The zero-order chi connectivity index (χ0) is 17.3. The van der Waals surface area contributed by atoms with Crippen LogP contribution in [0.4, 0.5) is 5.82 Å². The van der Waals surface area contributed by atoms with Gasteiger partial charge in [0.1, 0.15) is 17.7 Å². The lowest BCUT2D eigenvalue weighted by atomic mass is 10.0. The molecule has 0 aliphatic carbocycles. The van der Waals surface area contributed by atoms with Gasteiger partial charge < -0.3 is 14.9 Å². The lowest BCUT2D eigenvalue weighted by molar-refractivity contribution is 0.0266. The van der Waals surface area contributed by atoms with Gasteiger partial charge in [-0.15, -0.1) is 11.3 Å². The first-order chi connectivity index (χ1) is 11.4. The number of aliphatic hydroxyl groups is 1. The van der Waals surface area contributed by atoms with Crippen LogP contribution in [0.3, 0.4) is 0 Å². The average molecular weight is 346 g/mol. The van der Waals surface area contributed by atoms with Gasteiger partial charge in [-0.05, 0) is 32.4 Å². The van der Waals surface area contributed by atoms with Crippen LogP contribution in [0.2, 0.25) is 0 Å². The number of thiophene rings is 1. The molecule has 2 aromatic rings. The Kier molecular flexibility index (Phi) is 4.56. The molecule has 1 amide bonds. The Morgan fingerprint density at radius 3 is 2.88 bits per heavy atom. The first-order valence-corrected chi connectivity index (χ1v) is 8.76. The fourth-order valence-electron chi connectivity index (χ4n) is 3.05. The highest BCUT2D eigenvalue weighted by Gasteiger charge is 2.38. The fraction of sp³-hybridized carbons (Fsp3) is 0.471. The Labute approximate surface area is 145 Å². The lowest BCUT2D eigenvalue weighted by Gasteiger charge is -2.29. The molecule has 7 heteroatoms. The Morgan fingerprint density at radius 1 is 1.42 bits per heavy atom. The number of aromatic nitrogens is 2. The van der Waals surface area contributed by atoms with Crippen LogP contribution in [0.5, 0.6) is 0 Å². The second kappa shape index (κ2) is 6.49. The van der Waals surface area contributed by atoms with Gasteiger partial charge in [-0.25, -0.2) is 9.97 Å². The van der Waals surface area contributed by atoms with Gasteiger partial charge in [-0.1, -0.05) is 0 Å². The average Bonchev–Trinajstić information content (AvgIpc) is 3.13. The van der Waals surface area contributed by atoms with Gasteiger partial charge in [0.25, 0.3) is 5.91 Å². The number of aryl methyl sites for hydroxylation is 2. The standard InChI is InChI=1S/C17H22N4O2S/c1-12-8-15(19-11-18-12)21-7-6-17(23,10-21)9-20(3)16(22)14-5-4-13(2)24-14/h4-5,8,11,23H,6-7,9-10H2,1-3H3/t17-/m0/s1. The summed E-state index contributed by atoms with van der Waals surface area (Å²) in [5.41, 5.74) is -0.0222. The van der Waals surface area contributed by atoms with E-state index in [9.17, 15) is 9.90 Å². The van der Waals surface area contributed by atoms with Crippen LogP contribution < -0.4 is 4.90 Å². The predicted molar refractivity (Wildman–Crippen MR) is 94.6 cm³/mol. The number of likely N-dealkylation sites (N-methyl/N-ethyl adjacent to an activating group) is 1. The lowest BCUT2D eigenvalue weighted by Crippen LogP contribution is -2.45. The van der Waals surface area contributed by atoms with Crippen LogP contribution in [0.1, 0.15) is 26.7 Å². The number of rotatable bonds is 4. The van der Waals surface area contributed by atoms with E-state index >= 15 is 0 Å². The number of nitrogens with zero attached hydrogens (tertiary/aromatic N) is 4. The summed E-state index contributed by atoms with van der Waals surface area (Å²) >= 11 is 1.48. The number of carbonyl (C=O) groups is 1. The highest BCUT2D eigenvalue weighted by Crippen LogP contribution is 2.27. The highest BCUT2D eigenvalue weighted by molar-refractivity contribution is 7.13. The van der Waals surface area contributed by atoms with E-state index in [-0.39, 0.29) is 5.91 Å². The van der Waals surface area contributed by atoms with Crippen molar-refractivity contribution in [3.63, 3.8) is 0 Å². The molecule has 1 atom stereocenters. The van der Waals surface area contributed by atoms with Gasteiger partial charge in [0.2, 0.25) is 0 Å². The first kappa shape index (κ1) is 16.9. The Balaban J connectivity index is 1.65. The second-order valence-corrected chi connectivity index (χ2v) is 7.77.